The van der Waals surface area contributed by atoms with Gasteiger partial charge in [-0.25, -0.2) is 9.07 Å². The first-order chi connectivity index (χ1) is 16.1. The van der Waals surface area contributed by atoms with E-state index < -0.39 is 5.91 Å². The van der Waals surface area contributed by atoms with Crippen molar-refractivity contribution in [2.45, 2.75) is 13.2 Å². The molecule has 5 rings (SSSR count). The van der Waals surface area contributed by atoms with E-state index in [1.807, 2.05) is 30.3 Å². The summed E-state index contributed by atoms with van der Waals surface area (Å²) in [6.45, 7) is 0.459. The van der Waals surface area contributed by atoms with E-state index in [1.54, 1.807) is 41.3 Å². The zero-order chi connectivity index (χ0) is 22.6. The second-order valence-electron chi connectivity index (χ2n) is 7.21. The monoisotopic (exact) mass is 443 g/mol. The Morgan fingerprint density at radius 1 is 0.970 bits per heavy atom. The minimum Gasteiger partial charge on any atom is -0.318 e. The van der Waals surface area contributed by atoms with E-state index >= 15 is 0 Å². The van der Waals surface area contributed by atoms with Crippen LogP contribution >= 0.6 is 0 Å². The highest BCUT2D eigenvalue weighted by Gasteiger charge is 2.13. The fourth-order valence-corrected chi connectivity index (χ4v) is 3.21. The third-order valence-electron chi connectivity index (χ3n) is 4.81. The van der Waals surface area contributed by atoms with Crippen molar-refractivity contribution in [2.75, 3.05) is 5.32 Å². The summed E-state index contributed by atoms with van der Waals surface area (Å²) in [5, 5.41) is 23.6. The van der Waals surface area contributed by atoms with Crippen LogP contribution < -0.4 is 5.32 Å². The van der Waals surface area contributed by atoms with Crippen molar-refractivity contribution in [1.82, 2.24) is 39.8 Å². The maximum atomic E-state index is 13.8. The zero-order valence-electron chi connectivity index (χ0n) is 17.3. The first-order valence-electron chi connectivity index (χ1n) is 10.1. The van der Waals surface area contributed by atoms with Crippen LogP contribution in [0.3, 0.4) is 0 Å². The number of tetrazole rings is 1. The second-order valence-corrected chi connectivity index (χ2v) is 7.21. The third kappa shape index (κ3) is 4.66. The number of carbonyl (C=O) groups excluding carboxylic acids is 1. The zero-order valence-corrected chi connectivity index (χ0v) is 17.3. The number of amides is 1. The average Bonchev–Trinajstić information content (AvgIpc) is 3.58. The molecule has 3 aromatic heterocycles. The molecule has 3 heterocycles. The average molecular weight is 443 g/mol. The summed E-state index contributed by atoms with van der Waals surface area (Å²) in [7, 11) is 0. The van der Waals surface area contributed by atoms with Gasteiger partial charge < -0.3 is 5.32 Å². The first kappa shape index (κ1) is 20.2. The van der Waals surface area contributed by atoms with Gasteiger partial charge in [0.15, 0.2) is 12.4 Å². The number of anilines is 1. The number of nitrogens with zero attached hydrogens (tertiary/aromatic N) is 8. The number of aromatic nitrogens is 8. The Bertz CT molecular complexity index is 1390. The Morgan fingerprint density at radius 3 is 2.64 bits per heavy atom. The van der Waals surface area contributed by atoms with Gasteiger partial charge in [0, 0.05) is 23.5 Å². The highest BCUT2D eigenvalue weighted by molar-refractivity contribution is 6.02. The van der Waals surface area contributed by atoms with Crippen LogP contribution in [0.15, 0.2) is 79.3 Å². The Labute approximate surface area is 187 Å². The molecule has 0 radical (unpaired) electrons. The van der Waals surface area contributed by atoms with Crippen molar-refractivity contribution in [3.05, 3.63) is 96.3 Å². The summed E-state index contributed by atoms with van der Waals surface area (Å²) < 4.78 is 16.9. The van der Waals surface area contributed by atoms with Crippen LogP contribution in [-0.4, -0.2) is 45.7 Å². The molecule has 0 saturated carbocycles. The molecule has 0 saturated heterocycles. The molecule has 33 heavy (non-hydrogen) atoms. The lowest BCUT2D eigenvalue weighted by Crippen LogP contribution is -2.15. The molecule has 0 atom stereocenters. The molecule has 10 nitrogen and oxygen atoms in total. The number of benzene rings is 2. The molecule has 0 fully saturated rings. The van der Waals surface area contributed by atoms with E-state index in [1.165, 1.54) is 21.7 Å². The Balaban J connectivity index is 1.21. The van der Waals surface area contributed by atoms with Crippen molar-refractivity contribution in [2.24, 2.45) is 0 Å². The maximum Gasteiger partial charge on any atom is 0.276 e. The summed E-state index contributed by atoms with van der Waals surface area (Å²) in [5.74, 6) is -0.189. The third-order valence-corrected chi connectivity index (χ3v) is 4.81. The molecule has 1 amide bonds. The minimum absolute atomic E-state index is 0.202. The Morgan fingerprint density at radius 2 is 1.79 bits per heavy atom. The molecular weight excluding hydrogens is 425 g/mol. The summed E-state index contributed by atoms with van der Waals surface area (Å²) in [4.78, 5) is 13.9. The standard InChI is InChI=1S/C22H18FN9O/c23-19-9-5-4-8-17(19)13-31-14-18(12-24-31)25-22(33)20-10-11-30(27-20)15-32-28-21(26-29-32)16-6-2-1-3-7-16/h1-12,14H,13,15H2,(H,25,33). The predicted molar refractivity (Wildman–Crippen MR) is 117 cm³/mol. The van der Waals surface area contributed by atoms with E-state index in [-0.39, 0.29) is 24.7 Å². The molecule has 1 N–H and O–H groups in total. The van der Waals surface area contributed by atoms with Crippen LogP contribution in [0.4, 0.5) is 10.1 Å². The topological polar surface area (TPSA) is 108 Å². The van der Waals surface area contributed by atoms with Gasteiger partial charge in [-0.2, -0.15) is 10.2 Å². The van der Waals surface area contributed by atoms with Crippen molar-refractivity contribution in [1.29, 1.82) is 0 Å². The second kappa shape index (κ2) is 8.83. The fourth-order valence-electron chi connectivity index (χ4n) is 3.21. The Hall–Kier alpha value is -4.67. The molecule has 11 heteroatoms. The first-order valence-corrected chi connectivity index (χ1v) is 10.1. The lowest BCUT2D eigenvalue weighted by molar-refractivity contribution is 0.102. The molecule has 2 aromatic carbocycles. The molecule has 0 aliphatic carbocycles. The Kier molecular flexibility index (Phi) is 5.42. The van der Waals surface area contributed by atoms with Crippen molar-refractivity contribution in [3.63, 3.8) is 0 Å². The van der Waals surface area contributed by atoms with Gasteiger partial charge in [-0.1, -0.05) is 48.5 Å². The van der Waals surface area contributed by atoms with E-state index in [2.05, 4.69) is 30.9 Å². The van der Waals surface area contributed by atoms with Crippen molar-refractivity contribution >= 4 is 11.6 Å². The van der Waals surface area contributed by atoms with Crippen LogP contribution in [0.25, 0.3) is 11.4 Å². The van der Waals surface area contributed by atoms with E-state index in [4.69, 9.17) is 0 Å². The fraction of sp³-hybridized carbons (Fsp3) is 0.0909. The molecule has 0 unspecified atom stereocenters. The molecule has 0 bridgehead atoms. The number of halogens is 1. The normalized spacial score (nSPS) is 10.9. The quantitative estimate of drug-likeness (QED) is 0.414. The highest BCUT2D eigenvalue weighted by atomic mass is 19.1. The summed E-state index contributed by atoms with van der Waals surface area (Å²) >= 11 is 0. The van der Waals surface area contributed by atoms with Gasteiger partial charge >= 0.3 is 0 Å². The maximum absolute atomic E-state index is 13.8. The van der Waals surface area contributed by atoms with Crippen molar-refractivity contribution < 1.29 is 9.18 Å². The van der Waals surface area contributed by atoms with E-state index in [0.29, 0.717) is 17.1 Å². The number of rotatable bonds is 7. The van der Waals surface area contributed by atoms with E-state index in [9.17, 15) is 9.18 Å². The smallest absolute Gasteiger partial charge is 0.276 e. The summed E-state index contributed by atoms with van der Waals surface area (Å²) in [6.07, 6.45) is 4.79. The summed E-state index contributed by atoms with van der Waals surface area (Å²) in [6, 6.07) is 17.6. The molecule has 5 aromatic rings. The van der Waals surface area contributed by atoms with Crippen LogP contribution in [0, 0.1) is 5.82 Å². The molecular formula is C22H18FN9O. The van der Waals surface area contributed by atoms with Crippen molar-refractivity contribution in [3.8, 4) is 11.4 Å². The number of hydrogen-bond acceptors (Lipinski definition) is 6. The van der Waals surface area contributed by atoms with Gasteiger partial charge in [0.25, 0.3) is 5.91 Å². The number of hydrogen-bond donors (Lipinski definition) is 1. The highest BCUT2D eigenvalue weighted by Crippen LogP contribution is 2.13. The lowest BCUT2D eigenvalue weighted by Gasteiger charge is -2.03. The van der Waals surface area contributed by atoms with Gasteiger partial charge in [0.05, 0.1) is 18.4 Å². The van der Waals surface area contributed by atoms with Crippen LogP contribution in [0.2, 0.25) is 0 Å². The lowest BCUT2D eigenvalue weighted by atomic mass is 10.2. The van der Waals surface area contributed by atoms with Gasteiger partial charge in [-0.05, 0) is 17.3 Å². The van der Waals surface area contributed by atoms with Crippen LogP contribution in [-0.2, 0) is 13.2 Å². The molecule has 0 spiro atoms. The van der Waals surface area contributed by atoms with Gasteiger partial charge in [-0.15, -0.1) is 15.0 Å². The number of carbonyl (C=O) groups is 1. The minimum atomic E-state index is -0.393. The van der Waals surface area contributed by atoms with Gasteiger partial charge in [0.2, 0.25) is 5.82 Å². The largest absolute Gasteiger partial charge is 0.318 e. The molecule has 0 aliphatic heterocycles. The van der Waals surface area contributed by atoms with Crippen LogP contribution in [0.5, 0.6) is 0 Å². The molecule has 164 valence electrons. The van der Waals surface area contributed by atoms with Crippen LogP contribution in [0.1, 0.15) is 16.1 Å². The predicted octanol–water partition coefficient (Wildman–Crippen LogP) is 2.68. The number of nitrogens with one attached hydrogen (secondary N) is 1. The molecule has 0 aliphatic rings. The summed E-state index contributed by atoms with van der Waals surface area (Å²) in [5.41, 5.74) is 2.07. The van der Waals surface area contributed by atoms with E-state index in [0.717, 1.165) is 5.56 Å². The van der Waals surface area contributed by atoms with Gasteiger partial charge in [-0.3, -0.25) is 9.48 Å². The SMILES string of the molecule is O=C(Nc1cnn(Cc2ccccc2F)c1)c1ccn(Cn2nnc(-c3ccccc3)n2)n1. The van der Waals surface area contributed by atoms with Gasteiger partial charge in [0.1, 0.15) is 5.82 Å².